The second-order valence-electron chi connectivity index (χ2n) is 6.65. The summed E-state index contributed by atoms with van der Waals surface area (Å²) in [5.74, 6) is -0.848. The minimum Gasteiger partial charge on any atom is -0.407 e. The molecule has 0 aliphatic carbocycles. The van der Waals surface area contributed by atoms with Gasteiger partial charge in [-0.1, -0.05) is 22.8 Å². The molecule has 2 aromatic carbocycles. The minimum absolute atomic E-state index is 0.0193. The van der Waals surface area contributed by atoms with Crippen molar-refractivity contribution in [1.82, 2.24) is 10.2 Å². The van der Waals surface area contributed by atoms with Crippen LogP contribution in [0.4, 0.5) is 16.1 Å². The number of hydrogen-bond donors (Lipinski definition) is 1. The summed E-state index contributed by atoms with van der Waals surface area (Å²) in [5.41, 5.74) is 2.06. The molecule has 0 radical (unpaired) electrons. The van der Waals surface area contributed by atoms with E-state index in [1.807, 2.05) is 13.0 Å². The number of hydrogen-bond acceptors (Lipinski definition) is 5. The van der Waals surface area contributed by atoms with E-state index in [1.54, 1.807) is 35.2 Å². The van der Waals surface area contributed by atoms with Crippen LogP contribution in [0.2, 0.25) is 0 Å². The Morgan fingerprint density at radius 1 is 1.21 bits per heavy atom. The molecule has 1 N–H and O–H groups in total. The topological polar surface area (TPSA) is 88.3 Å². The molecule has 3 aromatic rings. The average molecular weight is 380 g/mol. The number of amides is 2. The molecule has 4 rings (SSSR count). The first-order valence-electron chi connectivity index (χ1n) is 8.77. The maximum atomic E-state index is 13.1. The van der Waals surface area contributed by atoms with Gasteiger partial charge in [-0.2, -0.15) is 0 Å². The maximum Gasteiger partial charge on any atom is 0.322 e. The number of halogens is 1. The molecule has 0 unspecified atom stereocenters. The van der Waals surface area contributed by atoms with Crippen LogP contribution in [0.1, 0.15) is 34.2 Å². The van der Waals surface area contributed by atoms with Crippen LogP contribution in [-0.4, -0.2) is 28.6 Å². The van der Waals surface area contributed by atoms with Gasteiger partial charge < -0.3 is 9.32 Å². The molecule has 1 saturated heterocycles. The molecule has 142 valence electrons. The summed E-state index contributed by atoms with van der Waals surface area (Å²) >= 11 is 0. The zero-order valence-electron chi connectivity index (χ0n) is 15.1. The first-order valence-corrected chi connectivity index (χ1v) is 8.77. The Kier molecular flexibility index (Phi) is 4.60. The van der Waals surface area contributed by atoms with Crippen molar-refractivity contribution >= 4 is 23.5 Å². The lowest BCUT2D eigenvalue weighted by Gasteiger charge is -2.15. The van der Waals surface area contributed by atoms with Crippen LogP contribution >= 0.6 is 0 Å². The Bertz CT molecular complexity index is 1030. The highest BCUT2D eigenvalue weighted by molar-refractivity contribution is 6.03. The zero-order chi connectivity index (χ0) is 19.7. The third-order valence-electron chi connectivity index (χ3n) is 4.55. The van der Waals surface area contributed by atoms with E-state index < -0.39 is 0 Å². The highest BCUT2D eigenvalue weighted by Crippen LogP contribution is 2.31. The summed E-state index contributed by atoms with van der Waals surface area (Å²) in [6.45, 7) is 2.24. The fourth-order valence-corrected chi connectivity index (χ4v) is 3.15. The van der Waals surface area contributed by atoms with Crippen LogP contribution in [0.5, 0.6) is 0 Å². The van der Waals surface area contributed by atoms with Crippen LogP contribution in [0.3, 0.4) is 0 Å². The van der Waals surface area contributed by atoms with Gasteiger partial charge in [-0.3, -0.25) is 14.9 Å². The van der Waals surface area contributed by atoms with Crippen LogP contribution in [0.15, 0.2) is 52.9 Å². The van der Waals surface area contributed by atoms with Gasteiger partial charge in [0.15, 0.2) is 0 Å². The largest absolute Gasteiger partial charge is 0.407 e. The Morgan fingerprint density at radius 3 is 2.75 bits per heavy atom. The number of rotatable bonds is 4. The molecule has 1 atom stereocenters. The van der Waals surface area contributed by atoms with Gasteiger partial charge in [-0.25, -0.2) is 4.39 Å². The van der Waals surface area contributed by atoms with Crippen molar-refractivity contribution in [3.63, 3.8) is 0 Å². The second-order valence-corrected chi connectivity index (χ2v) is 6.65. The Hall–Kier alpha value is -3.55. The summed E-state index contributed by atoms with van der Waals surface area (Å²) in [6.07, 6.45) is 0.199. The molecule has 7 nitrogen and oxygen atoms in total. The smallest absolute Gasteiger partial charge is 0.322 e. The molecule has 1 aromatic heterocycles. The first-order chi connectivity index (χ1) is 13.5. The Labute approximate surface area is 160 Å². The fraction of sp³-hybridized carbons (Fsp3) is 0.200. The molecular weight excluding hydrogens is 363 g/mol. The van der Waals surface area contributed by atoms with Crippen molar-refractivity contribution in [3.8, 4) is 0 Å². The predicted molar refractivity (Wildman–Crippen MR) is 99.5 cm³/mol. The normalized spacial score (nSPS) is 16.4. The number of aryl methyl sites for hydroxylation is 1. The summed E-state index contributed by atoms with van der Waals surface area (Å²) in [6, 6.07) is 12.8. The summed E-state index contributed by atoms with van der Waals surface area (Å²) in [4.78, 5) is 26.2. The Balaban J connectivity index is 1.45. The number of anilines is 2. The number of aromatic nitrogens is 2. The SMILES string of the molecule is Cc1cccc(C(=O)Nc2nnc([C@H]3CC(=O)N(c4ccc(F)cc4)C3)o2)c1. The fourth-order valence-electron chi connectivity index (χ4n) is 3.15. The van der Waals surface area contributed by atoms with Gasteiger partial charge in [0.05, 0.1) is 5.92 Å². The molecule has 0 bridgehead atoms. The summed E-state index contributed by atoms with van der Waals surface area (Å²) in [7, 11) is 0. The molecule has 8 heteroatoms. The lowest BCUT2D eigenvalue weighted by Crippen LogP contribution is -2.24. The quantitative estimate of drug-likeness (QED) is 0.750. The third kappa shape index (κ3) is 3.62. The van der Waals surface area contributed by atoms with E-state index in [9.17, 15) is 14.0 Å². The minimum atomic E-state index is -0.363. The molecule has 1 aliphatic heterocycles. The van der Waals surface area contributed by atoms with E-state index in [1.165, 1.54) is 12.1 Å². The molecular formula is C20H17FN4O3. The van der Waals surface area contributed by atoms with Gasteiger partial charge in [0.2, 0.25) is 11.8 Å². The lowest BCUT2D eigenvalue weighted by atomic mass is 10.1. The van der Waals surface area contributed by atoms with Crippen molar-refractivity contribution in [3.05, 3.63) is 71.4 Å². The highest BCUT2D eigenvalue weighted by Gasteiger charge is 2.35. The average Bonchev–Trinajstić information content (AvgIpc) is 3.29. The van der Waals surface area contributed by atoms with Crippen molar-refractivity contribution < 1.29 is 18.4 Å². The van der Waals surface area contributed by atoms with Gasteiger partial charge in [-0.15, -0.1) is 5.10 Å². The van der Waals surface area contributed by atoms with Gasteiger partial charge in [0.25, 0.3) is 5.91 Å². The number of nitrogens with one attached hydrogen (secondary N) is 1. The van der Waals surface area contributed by atoms with E-state index in [0.29, 0.717) is 17.8 Å². The van der Waals surface area contributed by atoms with E-state index in [-0.39, 0.29) is 41.9 Å². The van der Waals surface area contributed by atoms with E-state index in [2.05, 4.69) is 15.5 Å². The van der Waals surface area contributed by atoms with Gasteiger partial charge in [-0.05, 0) is 43.3 Å². The maximum absolute atomic E-state index is 13.1. The van der Waals surface area contributed by atoms with Gasteiger partial charge in [0, 0.05) is 24.2 Å². The van der Waals surface area contributed by atoms with Gasteiger partial charge >= 0.3 is 6.01 Å². The first kappa shape index (κ1) is 17.8. The van der Waals surface area contributed by atoms with Crippen LogP contribution in [0, 0.1) is 12.7 Å². The van der Waals surface area contributed by atoms with E-state index in [4.69, 9.17) is 4.42 Å². The number of nitrogens with zero attached hydrogens (tertiary/aromatic N) is 3. The van der Waals surface area contributed by atoms with Crippen molar-refractivity contribution in [2.24, 2.45) is 0 Å². The third-order valence-corrected chi connectivity index (χ3v) is 4.55. The molecule has 28 heavy (non-hydrogen) atoms. The van der Waals surface area contributed by atoms with Gasteiger partial charge in [0.1, 0.15) is 5.82 Å². The van der Waals surface area contributed by atoms with E-state index in [0.717, 1.165) is 5.56 Å². The zero-order valence-corrected chi connectivity index (χ0v) is 15.1. The molecule has 1 fully saturated rings. The lowest BCUT2D eigenvalue weighted by molar-refractivity contribution is -0.117. The number of carbonyl (C=O) groups is 2. The van der Waals surface area contributed by atoms with Crippen molar-refractivity contribution in [1.29, 1.82) is 0 Å². The molecule has 0 spiro atoms. The second kappa shape index (κ2) is 7.22. The van der Waals surface area contributed by atoms with Crippen LogP contribution in [0.25, 0.3) is 0 Å². The van der Waals surface area contributed by atoms with Crippen molar-refractivity contribution in [2.75, 3.05) is 16.8 Å². The molecule has 2 heterocycles. The molecule has 0 saturated carbocycles. The highest BCUT2D eigenvalue weighted by atomic mass is 19.1. The summed E-state index contributed by atoms with van der Waals surface area (Å²) < 4.78 is 18.6. The molecule has 1 aliphatic rings. The Morgan fingerprint density at radius 2 is 2.00 bits per heavy atom. The van der Waals surface area contributed by atoms with E-state index >= 15 is 0 Å². The number of carbonyl (C=O) groups excluding carboxylic acids is 2. The monoisotopic (exact) mass is 380 g/mol. The number of benzene rings is 2. The standard InChI is InChI=1S/C20H17FN4O3/c1-12-3-2-4-13(9-12)18(27)22-20-24-23-19(28-20)14-10-17(26)25(11-14)16-7-5-15(21)6-8-16/h2-9,14H,10-11H2,1H3,(H,22,24,27)/t14-/m0/s1. The van der Waals surface area contributed by atoms with Crippen LogP contribution in [-0.2, 0) is 4.79 Å². The van der Waals surface area contributed by atoms with Crippen LogP contribution < -0.4 is 10.2 Å². The molecule has 2 amide bonds. The predicted octanol–water partition coefficient (Wildman–Crippen LogP) is 3.29. The van der Waals surface area contributed by atoms with Crippen molar-refractivity contribution in [2.45, 2.75) is 19.3 Å². The summed E-state index contributed by atoms with van der Waals surface area (Å²) in [5, 5.41) is 10.4.